The van der Waals surface area contributed by atoms with Gasteiger partial charge < -0.3 is 14.4 Å². The molecule has 0 spiro atoms. The van der Waals surface area contributed by atoms with Crippen LogP contribution < -0.4 is 9.47 Å². The van der Waals surface area contributed by atoms with E-state index in [0.717, 1.165) is 10.5 Å². The second kappa shape index (κ2) is 8.85. The number of methoxy groups -OCH3 is 2. The number of thioether (sulfide) groups is 1. The van der Waals surface area contributed by atoms with Gasteiger partial charge >= 0.3 is 0 Å². The van der Waals surface area contributed by atoms with Gasteiger partial charge in [-0.15, -0.1) is 11.8 Å². The van der Waals surface area contributed by atoms with Crippen LogP contribution in [0.3, 0.4) is 0 Å². The normalized spacial score (nSPS) is 10.3. The fourth-order valence-electron chi connectivity index (χ4n) is 2.11. The topological polar surface area (TPSA) is 38.8 Å². The molecule has 0 aliphatic carbocycles. The highest BCUT2D eigenvalue weighted by atomic mass is 35.5. The summed E-state index contributed by atoms with van der Waals surface area (Å²) < 4.78 is 10.5. The van der Waals surface area contributed by atoms with Crippen LogP contribution in [0.15, 0.2) is 47.4 Å². The first kappa shape index (κ1) is 18.5. The van der Waals surface area contributed by atoms with Crippen molar-refractivity contribution in [2.45, 2.75) is 11.4 Å². The summed E-state index contributed by atoms with van der Waals surface area (Å²) in [4.78, 5) is 15.0. The molecular weight excluding hydrogens is 346 g/mol. The molecule has 0 fully saturated rings. The van der Waals surface area contributed by atoms with Crippen molar-refractivity contribution in [1.29, 1.82) is 0 Å². The lowest BCUT2D eigenvalue weighted by molar-refractivity contribution is -0.127. The van der Waals surface area contributed by atoms with E-state index in [-0.39, 0.29) is 5.91 Å². The van der Waals surface area contributed by atoms with E-state index in [1.165, 1.54) is 11.8 Å². The minimum atomic E-state index is 0.0599. The molecular formula is C18H20ClNO3S. The zero-order chi connectivity index (χ0) is 17.5. The number of ether oxygens (including phenoxy) is 2. The molecule has 0 heterocycles. The van der Waals surface area contributed by atoms with Gasteiger partial charge in [0.25, 0.3) is 0 Å². The van der Waals surface area contributed by atoms with Crippen molar-refractivity contribution < 1.29 is 14.3 Å². The number of benzene rings is 2. The first-order valence-electron chi connectivity index (χ1n) is 7.36. The van der Waals surface area contributed by atoms with Crippen molar-refractivity contribution in [3.05, 3.63) is 53.1 Å². The minimum Gasteiger partial charge on any atom is -0.493 e. The van der Waals surface area contributed by atoms with E-state index in [0.29, 0.717) is 28.8 Å². The molecule has 4 nitrogen and oxygen atoms in total. The Morgan fingerprint density at radius 3 is 2.38 bits per heavy atom. The summed E-state index contributed by atoms with van der Waals surface area (Å²) in [6, 6.07) is 13.1. The second-order valence-corrected chi connectivity index (χ2v) is 6.67. The summed E-state index contributed by atoms with van der Waals surface area (Å²) in [6.45, 7) is 0.558. The monoisotopic (exact) mass is 365 g/mol. The van der Waals surface area contributed by atoms with Crippen LogP contribution in [-0.2, 0) is 11.3 Å². The van der Waals surface area contributed by atoms with Gasteiger partial charge in [0.1, 0.15) is 0 Å². The third-order valence-corrected chi connectivity index (χ3v) is 4.71. The van der Waals surface area contributed by atoms with Crippen LogP contribution in [0.25, 0.3) is 0 Å². The average molecular weight is 366 g/mol. The molecule has 1 amide bonds. The third kappa shape index (κ3) is 5.08. The van der Waals surface area contributed by atoms with Gasteiger partial charge in [0.05, 0.1) is 20.0 Å². The molecule has 0 aliphatic rings. The van der Waals surface area contributed by atoms with Crippen LogP contribution in [0.4, 0.5) is 0 Å². The van der Waals surface area contributed by atoms with E-state index in [2.05, 4.69) is 0 Å². The van der Waals surface area contributed by atoms with E-state index in [1.54, 1.807) is 26.2 Å². The maximum Gasteiger partial charge on any atom is 0.232 e. The van der Waals surface area contributed by atoms with Crippen molar-refractivity contribution in [1.82, 2.24) is 4.90 Å². The third-order valence-electron chi connectivity index (χ3n) is 3.48. The van der Waals surface area contributed by atoms with Crippen LogP contribution in [-0.4, -0.2) is 37.8 Å². The smallest absolute Gasteiger partial charge is 0.232 e. The van der Waals surface area contributed by atoms with Crippen molar-refractivity contribution in [3.63, 3.8) is 0 Å². The number of hydrogen-bond donors (Lipinski definition) is 0. The average Bonchev–Trinajstić information content (AvgIpc) is 2.61. The van der Waals surface area contributed by atoms with Gasteiger partial charge in [-0.2, -0.15) is 0 Å². The van der Waals surface area contributed by atoms with Crippen LogP contribution in [0.5, 0.6) is 11.5 Å². The van der Waals surface area contributed by atoms with Gasteiger partial charge in [0.15, 0.2) is 11.5 Å². The van der Waals surface area contributed by atoms with E-state index in [9.17, 15) is 4.79 Å². The Kier molecular flexibility index (Phi) is 6.82. The zero-order valence-electron chi connectivity index (χ0n) is 13.9. The quantitative estimate of drug-likeness (QED) is 0.692. The van der Waals surface area contributed by atoms with E-state index >= 15 is 0 Å². The summed E-state index contributed by atoms with van der Waals surface area (Å²) in [6.07, 6.45) is 0. The summed E-state index contributed by atoms with van der Waals surface area (Å²) >= 11 is 7.34. The lowest BCUT2D eigenvalue weighted by Crippen LogP contribution is -2.27. The van der Waals surface area contributed by atoms with Crippen molar-refractivity contribution >= 4 is 29.3 Å². The maximum absolute atomic E-state index is 12.3. The number of carbonyl (C=O) groups is 1. The Balaban J connectivity index is 1.91. The number of carbonyl (C=O) groups excluding carboxylic acids is 1. The molecule has 0 saturated heterocycles. The van der Waals surface area contributed by atoms with Crippen LogP contribution in [0.2, 0.25) is 5.02 Å². The van der Waals surface area contributed by atoms with Crippen molar-refractivity contribution in [3.8, 4) is 11.5 Å². The van der Waals surface area contributed by atoms with Crippen molar-refractivity contribution in [2.75, 3.05) is 27.0 Å². The maximum atomic E-state index is 12.3. The number of hydrogen-bond acceptors (Lipinski definition) is 4. The van der Waals surface area contributed by atoms with Gasteiger partial charge in [0, 0.05) is 23.5 Å². The molecule has 128 valence electrons. The van der Waals surface area contributed by atoms with Gasteiger partial charge in [-0.3, -0.25) is 4.79 Å². The largest absolute Gasteiger partial charge is 0.493 e. The van der Waals surface area contributed by atoms with Crippen LogP contribution in [0.1, 0.15) is 5.56 Å². The number of amides is 1. The second-order valence-electron chi connectivity index (χ2n) is 5.18. The van der Waals surface area contributed by atoms with Gasteiger partial charge in [-0.1, -0.05) is 23.7 Å². The molecule has 0 bridgehead atoms. The van der Waals surface area contributed by atoms with E-state index in [1.807, 2.05) is 42.5 Å². The summed E-state index contributed by atoms with van der Waals surface area (Å²) in [7, 11) is 4.99. The molecule has 0 unspecified atom stereocenters. The predicted octanol–water partition coefficient (Wildman–Crippen LogP) is 4.11. The molecule has 0 aliphatic heterocycles. The minimum absolute atomic E-state index is 0.0599. The zero-order valence-corrected chi connectivity index (χ0v) is 15.5. The Hall–Kier alpha value is -1.85. The molecule has 6 heteroatoms. The molecule has 0 radical (unpaired) electrons. The van der Waals surface area contributed by atoms with E-state index in [4.69, 9.17) is 21.1 Å². The Bertz CT molecular complexity index is 691. The van der Waals surface area contributed by atoms with Gasteiger partial charge in [-0.25, -0.2) is 0 Å². The molecule has 0 N–H and O–H groups in total. The first-order valence-corrected chi connectivity index (χ1v) is 8.73. The number of nitrogens with zero attached hydrogens (tertiary/aromatic N) is 1. The van der Waals surface area contributed by atoms with Gasteiger partial charge in [-0.05, 0) is 35.9 Å². The molecule has 2 aromatic carbocycles. The Morgan fingerprint density at radius 2 is 1.75 bits per heavy atom. The summed E-state index contributed by atoms with van der Waals surface area (Å²) in [5.74, 6) is 1.75. The number of halogens is 1. The molecule has 0 aromatic heterocycles. The SMILES string of the molecule is COc1ccc(SCC(=O)N(C)Cc2ccc(Cl)cc2)cc1OC. The molecule has 0 saturated carbocycles. The van der Waals surface area contributed by atoms with Gasteiger partial charge in [0.2, 0.25) is 5.91 Å². The Morgan fingerprint density at radius 1 is 1.08 bits per heavy atom. The first-order chi connectivity index (χ1) is 11.5. The Labute approximate surface area is 151 Å². The highest BCUT2D eigenvalue weighted by Crippen LogP contribution is 2.31. The number of rotatable bonds is 7. The fraction of sp³-hybridized carbons (Fsp3) is 0.278. The molecule has 0 atom stereocenters. The van der Waals surface area contributed by atoms with Crippen LogP contribution >= 0.6 is 23.4 Å². The summed E-state index contributed by atoms with van der Waals surface area (Å²) in [5.41, 5.74) is 1.05. The molecule has 2 rings (SSSR count). The predicted molar refractivity (Wildman–Crippen MR) is 98.2 cm³/mol. The molecule has 24 heavy (non-hydrogen) atoms. The van der Waals surface area contributed by atoms with Crippen molar-refractivity contribution in [2.24, 2.45) is 0 Å². The fourth-order valence-corrected chi connectivity index (χ4v) is 3.10. The highest BCUT2D eigenvalue weighted by molar-refractivity contribution is 8.00. The highest BCUT2D eigenvalue weighted by Gasteiger charge is 2.11. The molecule has 2 aromatic rings. The lowest BCUT2D eigenvalue weighted by Gasteiger charge is -2.17. The summed E-state index contributed by atoms with van der Waals surface area (Å²) in [5, 5.41) is 0.691. The van der Waals surface area contributed by atoms with Crippen LogP contribution in [0, 0.1) is 0 Å². The standard InChI is InChI=1S/C18H20ClNO3S/c1-20(11-13-4-6-14(19)7-5-13)18(21)12-24-15-8-9-16(22-2)17(10-15)23-3/h4-10H,11-12H2,1-3H3. The van der Waals surface area contributed by atoms with E-state index < -0.39 is 0 Å². The lowest BCUT2D eigenvalue weighted by atomic mass is 10.2.